The Kier molecular flexibility index (Phi) is 40.9. The number of nitrogens with zero attached hydrogens (tertiary/aromatic N) is 6. The average molecular weight is 1990 g/mol. The highest BCUT2D eigenvalue weighted by Crippen LogP contribution is 2.66. The number of halogens is 3. The van der Waals surface area contributed by atoms with E-state index in [9.17, 15) is 19.2 Å². The number of aliphatic hydroxyl groups is 3. The molecule has 132 heavy (non-hydrogen) atoms. The molecule has 3 amide bonds. The van der Waals surface area contributed by atoms with E-state index in [0.717, 1.165) is 130 Å². The number of nitrogens with one attached hydrogen (secondary N) is 2. The number of carbonyl (C=O) groups is 4. The number of aliphatic hydroxyl groups excluding tert-OH is 3. The molecule has 0 radical (unpaired) electrons. The Hall–Kier alpha value is -2.34. The lowest BCUT2D eigenvalue weighted by Gasteiger charge is -2.62. The molecule has 35 heteroatoms. The van der Waals surface area contributed by atoms with Gasteiger partial charge in [0.2, 0.25) is 17.4 Å². The number of hydrogen-bond acceptors (Lipinski definition) is 29. The van der Waals surface area contributed by atoms with Crippen LogP contribution < -0.4 is 10.6 Å². The number of rotatable bonds is 15. The van der Waals surface area contributed by atoms with Crippen molar-refractivity contribution in [2.75, 3.05) is 146 Å². The van der Waals surface area contributed by atoms with Crippen molar-refractivity contribution in [1.29, 1.82) is 0 Å². The Morgan fingerprint density at radius 2 is 0.758 bits per heavy atom. The van der Waals surface area contributed by atoms with Gasteiger partial charge in [0.25, 0.3) is 0 Å². The fourth-order valence-electron chi connectivity index (χ4n) is 23.3. The summed E-state index contributed by atoms with van der Waals surface area (Å²) in [5.41, 5.74) is -2.90. The van der Waals surface area contributed by atoms with Crippen LogP contribution in [0.3, 0.4) is 0 Å². The molecule has 16 aliphatic heterocycles. The number of ether oxygens (including phenoxy) is 11. The van der Waals surface area contributed by atoms with Crippen LogP contribution in [0.1, 0.15) is 274 Å². The Morgan fingerprint density at radius 3 is 1.07 bits per heavy atom. The number of likely N-dealkylation sites (tertiary alicyclic amines) is 3. The van der Waals surface area contributed by atoms with Crippen molar-refractivity contribution in [3.63, 3.8) is 0 Å². The van der Waals surface area contributed by atoms with Gasteiger partial charge < -0.3 is 107 Å². The second-order valence-electron chi connectivity index (χ2n) is 44.1. The van der Waals surface area contributed by atoms with E-state index in [-0.39, 0.29) is 71.2 Å². The van der Waals surface area contributed by atoms with E-state index in [1.807, 2.05) is 95.0 Å². The summed E-state index contributed by atoms with van der Waals surface area (Å²) in [7, 11) is 9.18. The molecule has 768 valence electrons. The molecule has 0 aromatic carbocycles. The van der Waals surface area contributed by atoms with Crippen LogP contribution >= 0.6 is 39.1 Å². The first-order valence-corrected chi connectivity index (χ1v) is 51.6. The van der Waals surface area contributed by atoms with Gasteiger partial charge in [0.15, 0.2) is 47.2 Å². The molecule has 16 saturated heterocycles. The lowest BCUT2D eigenvalue weighted by molar-refractivity contribution is -0.585. The zero-order chi connectivity index (χ0) is 97.8. The Bertz CT molecular complexity index is 3570. The third-order valence-corrected chi connectivity index (χ3v) is 32.4. The van der Waals surface area contributed by atoms with Crippen LogP contribution in [0, 0.1) is 71.0 Å². The van der Waals surface area contributed by atoms with Crippen molar-refractivity contribution in [3.05, 3.63) is 0 Å². The molecular formula is C97H175BrCl2N8O24. The number of likely N-dealkylation sites (N-methyl/N-ethyl adjacent to an activating group) is 4. The minimum atomic E-state index is -0.784. The molecule has 3 spiro atoms. The third kappa shape index (κ3) is 27.3. The van der Waals surface area contributed by atoms with Gasteiger partial charge in [-0.2, -0.15) is 0 Å². The number of fused-ring (bicyclic) bond motifs is 6. The maximum atomic E-state index is 12.4. The van der Waals surface area contributed by atoms with E-state index in [1.165, 1.54) is 32.1 Å². The number of hydrogen-bond donors (Lipinski definition) is 5. The third-order valence-electron chi connectivity index (χ3n) is 31.5. The summed E-state index contributed by atoms with van der Waals surface area (Å²) in [5, 5.41) is 30.3. The molecule has 19 aliphatic rings. The second kappa shape index (κ2) is 47.7. The lowest BCUT2D eigenvalue weighted by atomic mass is 9.57. The van der Waals surface area contributed by atoms with Gasteiger partial charge in [-0.05, 0) is 277 Å². The molecule has 5 N–H and O–H groups in total. The van der Waals surface area contributed by atoms with Gasteiger partial charge in [-0.15, -0.1) is 23.2 Å². The summed E-state index contributed by atoms with van der Waals surface area (Å²) in [6.07, 6.45) is 17.6. The normalized spacial score (nSPS) is 39.3. The zero-order valence-corrected chi connectivity index (χ0v) is 88.4. The van der Waals surface area contributed by atoms with Gasteiger partial charge in [0, 0.05) is 158 Å². The standard InChI is InChI=1S/C29H50N2O7.C24H42N2O5.C16H25BrO4.C13H26N2O3.C10H17NO3.C3H9NO.CH2Cl2.CH4O/c1-19-9-10-23-20(2)28(7,35-24-29(23)22(19)11-14-27(6,34-24)37-38-29)33-18-17-30(8)21-12-15-31(16-13-21)25(32)36-26(3,4)5;1-16-6-7-20-17(2)23(4,27-15-14-26(5)18-9-12-25-13-10-18)29-21-24(20)19(16)8-11-22(3,28-21)30-31-24;1-9-5-6-12-10(2)15(4,17)19-13-16(12)11(9)7-8-14(3,18-13)20-21-16;1-13(2,3)18-12(17)15-7-5-11(6-8-15)14(4)9-10-16;1-10(2,3)14-9(13)11-6-4-8(12)5-7-11;1-4-2-3-5;2-1-3;1-2/h19-24H,9-18H2,1-8H3;16-21,25H,6-15H2,1-5H3;9-13H,5-8H2,1-4H3;11,16H,5-10H2,1-4H3;4-7H2,1-3H3;4-5H,2-3H2,1H3;1H2;2H,1H3/t19-,20-,22?,23+,24+,27-,28+,29-;16-,17-,19?,20+,21+,22-,23+,24-;9-,10-,11?,12+,13+,14-,15+,16-;;;;;/m111...../s1. The van der Waals surface area contributed by atoms with E-state index >= 15 is 0 Å². The minimum Gasteiger partial charge on any atom is -0.444 e. The molecule has 16 heterocycles. The predicted octanol–water partition coefficient (Wildman–Crippen LogP) is 15.3. The summed E-state index contributed by atoms with van der Waals surface area (Å²) in [6, 6.07) is 1.50. The smallest absolute Gasteiger partial charge is 0.410 e. The molecule has 3 saturated carbocycles. The molecule has 32 nitrogen and oxygen atoms in total. The molecule has 3 unspecified atom stereocenters. The fourth-order valence-corrected chi connectivity index (χ4v) is 23.8. The number of carbonyl (C=O) groups excluding carboxylic acids is 4. The summed E-state index contributed by atoms with van der Waals surface area (Å²) in [5.74, 6) is 1.07. The molecule has 24 atom stereocenters. The largest absolute Gasteiger partial charge is 0.444 e. The van der Waals surface area contributed by atoms with E-state index in [1.54, 1.807) is 16.8 Å². The molecule has 0 aromatic rings. The molecule has 3 aliphatic carbocycles. The van der Waals surface area contributed by atoms with Crippen LogP contribution in [-0.2, 0) is 86.2 Å². The summed E-state index contributed by atoms with van der Waals surface area (Å²) in [4.78, 5) is 95.1. The van der Waals surface area contributed by atoms with Crippen molar-refractivity contribution in [1.82, 2.24) is 40.0 Å². The highest BCUT2D eigenvalue weighted by Gasteiger charge is 2.75. The van der Waals surface area contributed by atoms with Crippen LogP contribution in [0.2, 0.25) is 0 Å². The highest BCUT2D eigenvalue weighted by molar-refractivity contribution is 9.10. The fraction of sp³-hybridized carbons (Fsp3) is 0.959. The van der Waals surface area contributed by atoms with E-state index in [4.69, 9.17) is 120 Å². The first-order chi connectivity index (χ1) is 61.9. The number of amides is 3. The van der Waals surface area contributed by atoms with Crippen LogP contribution in [0.4, 0.5) is 14.4 Å². The Morgan fingerprint density at radius 1 is 0.447 bits per heavy atom. The first-order valence-electron chi connectivity index (χ1n) is 49.7. The summed E-state index contributed by atoms with van der Waals surface area (Å²) in [6.45, 7) is 53.6. The van der Waals surface area contributed by atoms with Gasteiger partial charge >= 0.3 is 18.3 Å². The van der Waals surface area contributed by atoms with Gasteiger partial charge in [-0.25, -0.2) is 43.7 Å². The topological polar surface area (TPSA) is 329 Å². The Balaban J connectivity index is 0.000000188. The van der Waals surface area contributed by atoms with Crippen molar-refractivity contribution in [3.8, 4) is 0 Å². The highest BCUT2D eigenvalue weighted by atomic mass is 79.9. The SMILES string of the molecule is CC(C)(C)OC(=O)N1CCC(=O)CC1.CN(CCO)C1CCN(C(=O)OC(C)(C)C)CC1.CNCCO.CO.C[C@@H]1CC[C@H]2[C@@H](C)[C@@](C)(Br)O[C@@H]3O[C@@]4(C)CCC1[C@]32OO4.C[C@@H]1CC[C@H]2[C@@H](C)[C@@](C)(OCCN(C)C3CCN(C(=O)OC(C)(C)C)CC3)O[C@@H]3O[C@@]4(C)CCC1[C@]32OO4.C[C@@H]1CC[C@H]2[C@@H](C)[C@@](C)(OCCN(C)C3CCNCC3)O[C@@H]3O[C@@]4(C)CCC1[C@]32OO4.ClCCl. The Labute approximate surface area is 809 Å². The van der Waals surface area contributed by atoms with Gasteiger partial charge in [-0.3, -0.25) is 4.79 Å². The zero-order valence-electron chi connectivity index (χ0n) is 85.3. The second-order valence-corrected chi connectivity index (χ2v) is 46.5. The molecule has 0 aromatic heterocycles. The van der Waals surface area contributed by atoms with Crippen molar-refractivity contribution < 1.29 is 116 Å². The van der Waals surface area contributed by atoms with Crippen molar-refractivity contribution in [2.45, 2.75) is 378 Å². The van der Waals surface area contributed by atoms with Gasteiger partial charge in [-0.1, -0.05) is 57.5 Å². The quantitative estimate of drug-likeness (QED) is 0.0578. The van der Waals surface area contributed by atoms with E-state index < -0.39 is 75.1 Å². The number of ketones is 1. The lowest BCUT2D eigenvalue weighted by Crippen LogP contribution is -2.73. The van der Waals surface area contributed by atoms with E-state index in [2.05, 4.69) is 118 Å². The van der Waals surface area contributed by atoms with Gasteiger partial charge in [0.05, 0.1) is 31.8 Å². The van der Waals surface area contributed by atoms with Crippen LogP contribution in [-0.4, -0.2) is 318 Å². The number of Topliss-reactive ketones (excluding diaryl/α,β-unsaturated/α-hetero) is 1. The predicted molar refractivity (Wildman–Crippen MR) is 505 cm³/mol. The van der Waals surface area contributed by atoms with E-state index in [0.29, 0.717) is 137 Å². The van der Waals surface area contributed by atoms with Crippen molar-refractivity contribution >= 4 is 63.2 Å². The van der Waals surface area contributed by atoms with Crippen LogP contribution in [0.5, 0.6) is 0 Å². The monoisotopic (exact) mass is 1990 g/mol. The first kappa shape index (κ1) is 113. The maximum Gasteiger partial charge on any atom is 0.410 e. The molecule has 19 rings (SSSR count). The maximum absolute atomic E-state index is 12.4. The van der Waals surface area contributed by atoms with Gasteiger partial charge in [0.1, 0.15) is 27.1 Å². The summed E-state index contributed by atoms with van der Waals surface area (Å²) < 4.78 is 67.8. The summed E-state index contributed by atoms with van der Waals surface area (Å²) >= 11 is 13.3. The molecular weight excluding hydrogens is 1810 g/mol. The minimum absolute atomic E-state index is 0.130. The molecule has 19 fully saturated rings. The number of piperidine rings is 4. The van der Waals surface area contributed by atoms with Crippen LogP contribution in [0.15, 0.2) is 0 Å². The van der Waals surface area contributed by atoms with Crippen LogP contribution in [0.25, 0.3) is 0 Å². The number of alkyl halides is 3. The van der Waals surface area contributed by atoms with Crippen molar-refractivity contribution in [2.24, 2.45) is 71.0 Å². The molecule has 6 bridgehead atoms. The average Bonchev–Trinajstić information content (AvgIpc) is 1.46.